The summed E-state index contributed by atoms with van der Waals surface area (Å²) < 4.78 is 52.4. The molecule has 0 bridgehead atoms. The second kappa shape index (κ2) is 13.2. The number of unbranched alkanes of at least 4 members (excludes halogenated alkanes) is 2. The minimum atomic E-state index is -3.24. The maximum Gasteiger partial charge on any atom is 0.214 e. The predicted molar refractivity (Wildman–Crippen MR) is 122 cm³/mol. The molecule has 1 unspecified atom stereocenters. The van der Waals surface area contributed by atoms with Gasteiger partial charge in [0.1, 0.15) is 21.7 Å². The number of nitrogens with one attached hydrogen (secondary N) is 1. The molecule has 1 aromatic carbocycles. The summed E-state index contributed by atoms with van der Waals surface area (Å²) in [7, 11) is -5.98. The Morgan fingerprint density at radius 2 is 1.41 bits per heavy atom. The van der Waals surface area contributed by atoms with Gasteiger partial charge in [-0.2, -0.15) is 0 Å². The van der Waals surface area contributed by atoms with Crippen LogP contribution in [0.1, 0.15) is 66.4 Å². The van der Waals surface area contributed by atoms with E-state index in [1.807, 2.05) is 19.1 Å². The molecule has 0 heterocycles. The second-order valence-electron chi connectivity index (χ2n) is 7.85. The molecule has 6 nitrogen and oxygen atoms in total. The first-order chi connectivity index (χ1) is 13.3. The molecule has 29 heavy (non-hydrogen) atoms. The highest BCUT2D eigenvalue weighted by Crippen LogP contribution is 2.15. The molecule has 0 radical (unpaired) electrons. The van der Waals surface area contributed by atoms with Crippen LogP contribution in [0.5, 0.6) is 5.75 Å². The van der Waals surface area contributed by atoms with Crippen molar-refractivity contribution < 1.29 is 21.6 Å². The molecule has 0 saturated heterocycles. The number of sulfone groups is 1. The van der Waals surface area contributed by atoms with Crippen molar-refractivity contribution in [2.75, 3.05) is 12.8 Å². The number of rotatable bonds is 11. The van der Waals surface area contributed by atoms with E-state index in [0.717, 1.165) is 12.2 Å². The third kappa shape index (κ3) is 12.9. The van der Waals surface area contributed by atoms with Gasteiger partial charge in [-0.15, -0.1) is 0 Å². The molecule has 0 aliphatic rings. The normalized spacial score (nSPS) is 13.1. The van der Waals surface area contributed by atoms with E-state index in [9.17, 15) is 16.8 Å². The molecule has 1 N–H and O–H groups in total. The van der Waals surface area contributed by atoms with Crippen LogP contribution in [0.2, 0.25) is 0 Å². The Labute approximate surface area is 178 Å². The standard InChI is InChI=1S/C17H29NO3S.C4H10O2S/c1-5-6-7-8-16-9-11-17(12-10-16)21-15(4)13-18-22(19,20)14(2)3;1-4(2)7(3,5)6/h9-12,14-15,18H,5-8,13H2,1-4H3;4H,1-3H3. The van der Waals surface area contributed by atoms with Crippen molar-refractivity contribution in [1.29, 1.82) is 0 Å². The largest absolute Gasteiger partial charge is 0.489 e. The van der Waals surface area contributed by atoms with Gasteiger partial charge in [0.05, 0.1) is 10.5 Å². The summed E-state index contributed by atoms with van der Waals surface area (Å²) in [4.78, 5) is 0. The van der Waals surface area contributed by atoms with Gasteiger partial charge >= 0.3 is 0 Å². The van der Waals surface area contributed by atoms with Crippen LogP contribution in [0, 0.1) is 0 Å². The fourth-order valence-electron chi connectivity index (χ4n) is 1.99. The predicted octanol–water partition coefficient (Wildman–Crippen LogP) is 3.95. The minimum absolute atomic E-state index is 0.209. The Balaban J connectivity index is 0.000000956. The highest BCUT2D eigenvalue weighted by atomic mass is 32.2. The quantitative estimate of drug-likeness (QED) is 0.517. The van der Waals surface area contributed by atoms with Gasteiger partial charge in [-0.3, -0.25) is 0 Å². The van der Waals surface area contributed by atoms with E-state index in [1.54, 1.807) is 27.7 Å². The molecule has 8 heteroatoms. The lowest BCUT2D eigenvalue weighted by atomic mass is 10.1. The molecule has 0 spiro atoms. The highest BCUT2D eigenvalue weighted by Gasteiger charge is 2.16. The summed E-state index contributed by atoms with van der Waals surface area (Å²) in [6, 6.07) is 8.06. The van der Waals surface area contributed by atoms with E-state index in [0.29, 0.717) is 0 Å². The van der Waals surface area contributed by atoms with E-state index in [4.69, 9.17) is 4.74 Å². The smallest absolute Gasteiger partial charge is 0.214 e. The summed E-state index contributed by atoms with van der Waals surface area (Å²) in [5, 5.41) is -0.658. The van der Waals surface area contributed by atoms with Crippen molar-refractivity contribution in [2.24, 2.45) is 0 Å². The van der Waals surface area contributed by atoms with Gasteiger partial charge in [0.2, 0.25) is 10.0 Å². The lowest BCUT2D eigenvalue weighted by Gasteiger charge is -2.17. The van der Waals surface area contributed by atoms with Gasteiger partial charge < -0.3 is 4.74 Å². The van der Waals surface area contributed by atoms with Crippen LogP contribution >= 0.6 is 0 Å². The number of ether oxygens (including phenoxy) is 1. The van der Waals surface area contributed by atoms with E-state index in [1.165, 1.54) is 31.1 Å². The molecule has 0 aromatic heterocycles. The Hall–Kier alpha value is -1.12. The monoisotopic (exact) mass is 449 g/mol. The molecular formula is C21H39NO5S2. The average molecular weight is 450 g/mol. The van der Waals surface area contributed by atoms with Crippen LogP contribution in [-0.4, -0.2) is 46.2 Å². The summed E-state index contributed by atoms with van der Waals surface area (Å²) in [6.45, 7) is 11.0. The van der Waals surface area contributed by atoms with Crippen LogP contribution in [-0.2, 0) is 26.3 Å². The fourth-order valence-corrected chi connectivity index (χ4v) is 2.79. The second-order valence-corrected chi connectivity index (χ2v) is 12.8. The Bertz CT molecular complexity index is 770. The van der Waals surface area contributed by atoms with E-state index in [2.05, 4.69) is 23.8 Å². The van der Waals surface area contributed by atoms with Gasteiger partial charge in [-0.1, -0.05) is 31.9 Å². The van der Waals surface area contributed by atoms with Crippen molar-refractivity contribution in [2.45, 2.75) is 83.8 Å². The van der Waals surface area contributed by atoms with Gasteiger partial charge in [0.15, 0.2) is 0 Å². The zero-order chi connectivity index (χ0) is 22.7. The molecule has 0 aliphatic heterocycles. The maximum atomic E-state index is 11.7. The van der Waals surface area contributed by atoms with E-state index in [-0.39, 0.29) is 17.9 Å². The lowest BCUT2D eigenvalue weighted by Crippen LogP contribution is -2.37. The SMILES string of the molecule is CC(C)S(C)(=O)=O.CCCCCc1ccc(OC(C)CNS(=O)(=O)C(C)C)cc1. The topological polar surface area (TPSA) is 89.5 Å². The molecule has 0 aliphatic carbocycles. The molecule has 1 aromatic rings. The van der Waals surface area contributed by atoms with Crippen LogP contribution in [0.4, 0.5) is 0 Å². The Morgan fingerprint density at radius 3 is 1.83 bits per heavy atom. The maximum absolute atomic E-state index is 11.7. The summed E-state index contributed by atoms with van der Waals surface area (Å²) in [5.41, 5.74) is 1.31. The third-order valence-electron chi connectivity index (χ3n) is 4.38. The Morgan fingerprint density at radius 1 is 0.897 bits per heavy atom. The van der Waals surface area contributed by atoms with Gasteiger partial charge in [-0.25, -0.2) is 21.6 Å². The number of hydrogen-bond acceptors (Lipinski definition) is 5. The summed E-state index contributed by atoms with van der Waals surface area (Å²) >= 11 is 0. The van der Waals surface area contributed by atoms with Gasteiger partial charge in [0.25, 0.3) is 0 Å². The summed E-state index contributed by atoms with van der Waals surface area (Å²) in [6.07, 6.45) is 5.81. The van der Waals surface area contributed by atoms with Crippen molar-refractivity contribution in [3.63, 3.8) is 0 Å². The van der Waals surface area contributed by atoms with E-state index < -0.39 is 25.1 Å². The molecule has 1 atom stereocenters. The first-order valence-corrected chi connectivity index (χ1v) is 13.7. The number of sulfonamides is 1. The first-order valence-electron chi connectivity index (χ1n) is 10.2. The van der Waals surface area contributed by atoms with Crippen molar-refractivity contribution in [1.82, 2.24) is 4.72 Å². The van der Waals surface area contributed by atoms with Crippen LogP contribution in [0.15, 0.2) is 24.3 Å². The molecule has 170 valence electrons. The zero-order valence-electron chi connectivity index (χ0n) is 18.9. The molecule has 1 rings (SSSR count). The fraction of sp³-hybridized carbons (Fsp3) is 0.714. The highest BCUT2D eigenvalue weighted by molar-refractivity contribution is 7.91. The number of aryl methyl sites for hydroxylation is 1. The zero-order valence-corrected chi connectivity index (χ0v) is 20.6. The van der Waals surface area contributed by atoms with Crippen molar-refractivity contribution in [3.05, 3.63) is 29.8 Å². The van der Waals surface area contributed by atoms with Crippen LogP contribution in [0.3, 0.4) is 0 Å². The first kappa shape index (κ1) is 27.9. The number of hydrogen-bond donors (Lipinski definition) is 1. The molecule has 0 fully saturated rings. The Kier molecular flexibility index (Phi) is 12.7. The minimum Gasteiger partial charge on any atom is -0.489 e. The average Bonchev–Trinajstić information content (AvgIpc) is 2.61. The molecule has 0 saturated carbocycles. The van der Waals surface area contributed by atoms with Gasteiger partial charge in [0, 0.05) is 12.8 Å². The van der Waals surface area contributed by atoms with Crippen LogP contribution in [0.25, 0.3) is 0 Å². The van der Waals surface area contributed by atoms with Gasteiger partial charge in [-0.05, 0) is 65.2 Å². The molecular weight excluding hydrogens is 410 g/mol. The lowest BCUT2D eigenvalue weighted by molar-refractivity contribution is 0.225. The number of benzene rings is 1. The van der Waals surface area contributed by atoms with E-state index >= 15 is 0 Å². The van der Waals surface area contributed by atoms with Crippen molar-refractivity contribution >= 4 is 19.9 Å². The van der Waals surface area contributed by atoms with Crippen molar-refractivity contribution in [3.8, 4) is 5.75 Å². The third-order valence-corrected chi connectivity index (χ3v) is 7.90. The van der Waals surface area contributed by atoms with Crippen LogP contribution < -0.4 is 9.46 Å². The summed E-state index contributed by atoms with van der Waals surface area (Å²) in [5.74, 6) is 0.774. The molecule has 0 amide bonds.